The second-order valence-electron chi connectivity index (χ2n) is 3.57. The molecule has 0 saturated heterocycles. The zero-order chi connectivity index (χ0) is 10.7. The van der Waals surface area contributed by atoms with Crippen molar-refractivity contribution in [1.29, 1.82) is 0 Å². The van der Waals surface area contributed by atoms with Crippen LogP contribution in [-0.2, 0) is 6.42 Å². The molecule has 0 amide bonds. The Kier molecular flexibility index (Phi) is 2.59. The van der Waals surface area contributed by atoms with E-state index in [1.807, 2.05) is 24.3 Å². The molecule has 2 aromatic rings. The summed E-state index contributed by atoms with van der Waals surface area (Å²) in [5.41, 5.74) is 18.2. The average molecular weight is 196 g/mol. The van der Waals surface area contributed by atoms with Crippen molar-refractivity contribution < 1.29 is 0 Å². The molecule has 2 nitrogen and oxygen atoms in total. The third kappa shape index (κ3) is 2.50. The maximum absolute atomic E-state index is 7.37. The molecule has 2 N–H and O–H groups in total. The van der Waals surface area contributed by atoms with Gasteiger partial charge in [0.2, 0.25) is 0 Å². The summed E-state index contributed by atoms with van der Waals surface area (Å²) < 4.78 is 0. The Balaban J connectivity index is 2.15. The van der Waals surface area contributed by atoms with E-state index in [0.717, 1.165) is 6.42 Å². The summed E-state index contributed by atoms with van der Waals surface area (Å²) in [5.74, 6) is 0. The molecule has 0 spiro atoms. The lowest BCUT2D eigenvalue weighted by atomic mass is 10.0. The first kappa shape index (κ1) is 9.59. The summed E-state index contributed by atoms with van der Waals surface area (Å²) >= 11 is 0. The maximum Gasteiger partial charge on any atom is -0.00258 e. The molecule has 2 rings (SSSR count). The van der Waals surface area contributed by atoms with Gasteiger partial charge in [-0.05, 0) is 17.5 Å². The zero-order valence-corrected chi connectivity index (χ0v) is 8.33. The minimum atomic E-state index is 0.542. The zero-order valence-electron chi connectivity index (χ0n) is 8.33. The van der Waals surface area contributed by atoms with Gasteiger partial charge in [-0.2, -0.15) is 0 Å². The Labute approximate surface area is 89.5 Å². The summed E-state index contributed by atoms with van der Waals surface area (Å²) in [7, 11) is 0. The number of rotatable bonds is 2. The van der Waals surface area contributed by atoms with E-state index in [2.05, 4.69) is 0 Å². The number of benzene rings is 2. The Bertz CT molecular complexity index is 386. The lowest BCUT2D eigenvalue weighted by Gasteiger charge is -2.07. The van der Waals surface area contributed by atoms with E-state index in [4.69, 9.17) is 11.5 Å². The molecule has 0 aromatic heterocycles. The molecule has 0 aliphatic heterocycles. The molecule has 0 aliphatic carbocycles. The first-order chi connectivity index (χ1) is 7.24. The molecule has 76 valence electrons. The fraction of sp³-hybridized carbons (Fsp3) is 0.0769. The van der Waals surface area contributed by atoms with E-state index >= 15 is 0 Å². The van der Waals surface area contributed by atoms with Gasteiger partial charge < -0.3 is 11.5 Å². The van der Waals surface area contributed by atoms with Gasteiger partial charge in [0.05, 0.1) is 0 Å². The Morgan fingerprint density at radius 3 is 1.27 bits per heavy atom. The van der Waals surface area contributed by atoms with Crippen LogP contribution in [0.2, 0.25) is 0 Å². The molecule has 0 saturated carbocycles. The maximum atomic E-state index is 7.37. The first-order valence-electron chi connectivity index (χ1n) is 4.85. The minimum absolute atomic E-state index is 0.542. The smallest absolute Gasteiger partial charge is 0.00258 e. The summed E-state index contributed by atoms with van der Waals surface area (Å²) in [4.78, 5) is 0. The van der Waals surface area contributed by atoms with Crippen molar-refractivity contribution in [2.24, 2.45) is 0 Å². The van der Waals surface area contributed by atoms with Gasteiger partial charge >= 0.3 is 0 Å². The molecule has 15 heavy (non-hydrogen) atoms. The molecule has 2 aromatic carbocycles. The van der Waals surface area contributed by atoms with E-state index in [-0.39, 0.29) is 0 Å². The normalized spacial score (nSPS) is 10.1. The fourth-order valence-corrected chi connectivity index (χ4v) is 1.48. The molecule has 0 unspecified atom stereocenters. The van der Waals surface area contributed by atoms with Gasteiger partial charge in [0.1, 0.15) is 0 Å². The molecule has 0 aliphatic rings. The van der Waals surface area contributed by atoms with Gasteiger partial charge in [-0.3, -0.25) is 0 Å². The van der Waals surface area contributed by atoms with E-state index < -0.39 is 0 Å². The molecule has 0 fully saturated rings. The second kappa shape index (κ2) is 4.05. The van der Waals surface area contributed by atoms with Crippen LogP contribution < -0.4 is 0 Å². The van der Waals surface area contributed by atoms with Crippen LogP contribution in [0.4, 0.5) is 11.4 Å². The van der Waals surface area contributed by atoms with Crippen LogP contribution in [0.3, 0.4) is 0 Å². The van der Waals surface area contributed by atoms with E-state index in [1.165, 1.54) is 11.1 Å². The molecular formula is C13H12N2-2. The van der Waals surface area contributed by atoms with Crippen LogP contribution in [-0.4, -0.2) is 0 Å². The molecule has 0 heterocycles. The van der Waals surface area contributed by atoms with Crippen molar-refractivity contribution in [3.05, 3.63) is 71.1 Å². The topological polar surface area (TPSA) is 47.6 Å². The van der Waals surface area contributed by atoms with Crippen molar-refractivity contribution in [3.63, 3.8) is 0 Å². The Morgan fingerprint density at radius 1 is 0.600 bits per heavy atom. The third-order valence-electron chi connectivity index (χ3n) is 2.32. The quantitative estimate of drug-likeness (QED) is 0.671. The molecule has 0 bridgehead atoms. The van der Waals surface area contributed by atoms with Crippen LogP contribution >= 0.6 is 0 Å². The van der Waals surface area contributed by atoms with E-state index in [0.29, 0.717) is 11.4 Å². The van der Waals surface area contributed by atoms with Crippen LogP contribution in [0.25, 0.3) is 11.5 Å². The third-order valence-corrected chi connectivity index (χ3v) is 2.32. The minimum Gasteiger partial charge on any atom is -0.699 e. The van der Waals surface area contributed by atoms with Gasteiger partial charge in [-0.25, -0.2) is 0 Å². The largest absolute Gasteiger partial charge is 0.699 e. The van der Waals surface area contributed by atoms with Crippen molar-refractivity contribution in [1.82, 2.24) is 0 Å². The highest BCUT2D eigenvalue weighted by atomic mass is 14.5. The predicted octanol–water partition coefficient (Wildman–Crippen LogP) is 4.64. The Hall–Kier alpha value is -1.96. The van der Waals surface area contributed by atoms with Crippen molar-refractivity contribution in [2.45, 2.75) is 6.42 Å². The Morgan fingerprint density at radius 2 is 0.933 bits per heavy atom. The van der Waals surface area contributed by atoms with Crippen LogP contribution in [0, 0.1) is 0 Å². The van der Waals surface area contributed by atoms with Gasteiger partial charge in [-0.15, -0.1) is 11.4 Å². The molecule has 0 atom stereocenters. The van der Waals surface area contributed by atoms with Crippen LogP contribution in [0.5, 0.6) is 0 Å². The lowest BCUT2D eigenvalue weighted by molar-refractivity contribution is 1.20. The highest BCUT2D eigenvalue weighted by Crippen LogP contribution is 2.16. The van der Waals surface area contributed by atoms with Gasteiger partial charge in [0.25, 0.3) is 0 Å². The van der Waals surface area contributed by atoms with Gasteiger partial charge in [0, 0.05) is 0 Å². The molecule has 2 heteroatoms. The van der Waals surface area contributed by atoms with Gasteiger partial charge in [0.15, 0.2) is 0 Å². The van der Waals surface area contributed by atoms with Crippen LogP contribution in [0.15, 0.2) is 48.5 Å². The van der Waals surface area contributed by atoms with Crippen LogP contribution in [0.1, 0.15) is 11.1 Å². The monoisotopic (exact) mass is 196 g/mol. The molecular weight excluding hydrogens is 184 g/mol. The number of hydrogen-bond acceptors (Lipinski definition) is 0. The standard InChI is InChI=1S/C13H12N2/c14-12-5-1-10(2-6-12)9-11-3-7-13(15)8-4-11/h1-8,14-15H,9H2/q-2. The summed E-state index contributed by atoms with van der Waals surface area (Å²) in [6, 6.07) is 15.1. The number of hydrogen-bond donors (Lipinski definition) is 0. The highest BCUT2D eigenvalue weighted by molar-refractivity contribution is 5.46. The van der Waals surface area contributed by atoms with Crippen molar-refractivity contribution in [2.75, 3.05) is 0 Å². The SMILES string of the molecule is [NH-]c1ccc(Cc2ccc([NH-])cc2)cc1. The number of nitrogens with one attached hydrogen (secondary N) is 2. The van der Waals surface area contributed by atoms with Crippen molar-refractivity contribution in [3.8, 4) is 0 Å². The van der Waals surface area contributed by atoms with Gasteiger partial charge in [-0.1, -0.05) is 48.5 Å². The average Bonchev–Trinajstić information content (AvgIpc) is 2.25. The molecule has 0 radical (unpaired) electrons. The summed E-state index contributed by atoms with van der Waals surface area (Å²) in [6.45, 7) is 0. The first-order valence-corrected chi connectivity index (χ1v) is 4.85. The van der Waals surface area contributed by atoms with E-state index in [9.17, 15) is 0 Å². The second-order valence-corrected chi connectivity index (χ2v) is 3.57. The predicted molar refractivity (Wildman–Crippen MR) is 63.7 cm³/mol. The summed E-state index contributed by atoms with van der Waals surface area (Å²) in [5, 5.41) is 0. The highest BCUT2D eigenvalue weighted by Gasteiger charge is 1.93. The lowest BCUT2D eigenvalue weighted by Crippen LogP contribution is -1.86. The fourth-order valence-electron chi connectivity index (χ4n) is 1.48. The van der Waals surface area contributed by atoms with E-state index in [1.54, 1.807) is 24.3 Å². The van der Waals surface area contributed by atoms with Crippen molar-refractivity contribution >= 4 is 11.4 Å². The summed E-state index contributed by atoms with van der Waals surface area (Å²) in [6.07, 6.45) is 0.862.